The Morgan fingerprint density at radius 2 is 2.15 bits per heavy atom. The summed E-state index contributed by atoms with van der Waals surface area (Å²) in [5, 5.41) is 11.8. The maximum atomic E-state index is 12.1. The van der Waals surface area contributed by atoms with Gasteiger partial charge in [-0.05, 0) is 46.8 Å². The number of carbonyl (C=O) groups is 2. The molecule has 1 unspecified atom stereocenters. The first-order valence-corrected chi connectivity index (χ1v) is 7.36. The average molecular weight is 341 g/mol. The first-order valence-electron chi connectivity index (χ1n) is 6.57. The van der Waals surface area contributed by atoms with E-state index in [1.54, 1.807) is 18.2 Å². The summed E-state index contributed by atoms with van der Waals surface area (Å²) in [5.41, 5.74) is 0.571. The van der Waals surface area contributed by atoms with Gasteiger partial charge >= 0.3 is 11.8 Å². The zero-order valence-corrected chi connectivity index (χ0v) is 12.6. The summed E-state index contributed by atoms with van der Waals surface area (Å²) in [6.07, 6.45) is 1.71. The van der Waals surface area contributed by atoms with Crippen LogP contribution in [0, 0.1) is 5.92 Å². The smallest absolute Gasteiger partial charge is 0.313 e. The molecular formula is C14H17BrN2O3. The molecule has 1 heterocycles. The zero-order valence-electron chi connectivity index (χ0n) is 11.0. The fourth-order valence-corrected chi connectivity index (χ4v) is 2.66. The summed E-state index contributed by atoms with van der Waals surface area (Å²) in [4.78, 5) is 25.6. The number of aliphatic hydroxyl groups is 1. The van der Waals surface area contributed by atoms with E-state index >= 15 is 0 Å². The van der Waals surface area contributed by atoms with Crippen LogP contribution in [-0.4, -0.2) is 41.5 Å². The lowest BCUT2D eigenvalue weighted by Gasteiger charge is -2.31. The Labute approximate surface area is 126 Å². The van der Waals surface area contributed by atoms with Crippen molar-refractivity contribution in [2.45, 2.75) is 12.8 Å². The van der Waals surface area contributed by atoms with E-state index in [0.717, 1.165) is 17.3 Å². The molecule has 1 atom stereocenters. The van der Waals surface area contributed by atoms with Crippen LogP contribution in [0.2, 0.25) is 0 Å². The van der Waals surface area contributed by atoms with Gasteiger partial charge in [-0.1, -0.05) is 12.1 Å². The second kappa shape index (κ2) is 6.85. The van der Waals surface area contributed by atoms with Crippen molar-refractivity contribution in [3.05, 3.63) is 28.7 Å². The number of aliphatic hydroxyl groups excluding tert-OH is 1. The Morgan fingerprint density at radius 3 is 2.85 bits per heavy atom. The van der Waals surface area contributed by atoms with Gasteiger partial charge in [0, 0.05) is 24.2 Å². The van der Waals surface area contributed by atoms with Crippen LogP contribution in [0.5, 0.6) is 0 Å². The van der Waals surface area contributed by atoms with Crippen LogP contribution in [0.4, 0.5) is 5.69 Å². The number of benzene rings is 1. The molecule has 0 spiro atoms. The van der Waals surface area contributed by atoms with E-state index in [2.05, 4.69) is 21.2 Å². The predicted octanol–water partition coefficient (Wildman–Crippen LogP) is 1.62. The number of anilines is 1. The summed E-state index contributed by atoms with van der Waals surface area (Å²) in [6, 6.07) is 7.14. The van der Waals surface area contributed by atoms with E-state index in [9.17, 15) is 9.59 Å². The molecule has 2 amide bonds. The Balaban J connectivity index is 1.98. The Hall–Kier alpha value is -1.40. The maximum absolute atomic E-state index is 12.1. The molecule has 0 saturated carbocycles. The van der Waals surface area contributed by atoms with E-state index in [1.165, 1.54) is 4.90 Å². The van der Waals surface area contributed by atoms with Crippen molar-refractivity contribution in [1.82, 2.24) is 4.90 Å². The van der Waals surface area contributed by atoms with E-state index in [4.69, 9.17) is 5.11 Å². The van der Waals surface area contributed by atoms with Crippen LogP contribution < -0.4 is 5.32 Å². The third-order valence-corrected chi connectivity index (χ3v) is 4.07. The Morgan fingerprint density at radius 1 is 1.40 bits per heavy atom. The van der Waals surface area contributed by atoms with Gasteiger partial charge in [-0.15, -0.1) is 0 Å². The van der Waals surface area contributed by atoms with Crippen molar-refractivity contribution in [3.63, 3.8) is 0 Å². The van der Waals surface area contributed by atoms with Crippen molar-refractivity contribution in [2.75, 3.05) is 25.0 Å². The highest BCUT2D eigenvalue weighted by Crippen LogP contribution is 2.21. The van der Waals surface area contributed by atoms with Gasteiger partial charge in [0.1, 0.15) is 0 Å². The monoisotopic (exact) mass is 340 g/mol. The number of halogens is 1. The number of amides is 2. The summed E-state index contributed by atoms with van der Waals surface area (Å²) in [6.45, 7) is 1.06. The maximum Gasteiger partial charge on any atom is 0.313 e. The van der Waals surface area contributed by atoms with Gasteiger partial charge in [0.15, 0.2) is 0 Å². The van der Waals surface area contributed by atoms with Gasteiger partial charge < -0.3 is 15.3 Å². The highest BCUT2D eigenvalue weighted by molar-refractivity contribution is 9.10. The van der Waals surface area contributed by atoms with E-state index < -0.39 is 11.8 Å². The molecule has 1 aromatic rings. The Kier molecular flexibility index (Phi) is 5.14. The molecule has 0 aliphatic carbocycles. The number of hydrogen-bond donors (Lipinski definition) is 2. The lowest BCUT2D eigenvalue weighted by Crippen LogP contribution is -2.45. The minimum atomic E-state index is -0.643. The number of nitrogens with zero attached hydrogens (tertiary/aromatic N) is 1. The molecular weight excluding hydrogens is 324 g/mol. The molecule has 2 rings (SSSR count). The molecule has 1 aromatic carbocycles. The van der Waals surface area contributed by atoms with Crippen LogP contribution in [-0.2, 0) is 9.59 Å². The van der Waals surface area contributed by atoms with E-state index in [-0.39, 0.29) is 12.5 Å². The van der Waals surface area contributed by atoms with Gasteiger partial charge in [0.05, 0.1) is 5.69 Å². The van der Waals surface area contributed by atoms with Crippen LogP contribution >= 0.6 is 15.9 Å². The minimum Gasteiger partial charge on any atom is -0.396 e. The van der Waals surface area contributed by atoms with Gasteiger partial charge in [0.25, 0.3) is 0 Å². The lowest BCUT2D eigenvalue weighted by molar-refractivity contribution is -0.144. The molecule has 0 aromatic heterocycles. The highest BCUT2D eigenvalue weighted by atomic mass is 79.9. The van der Waals surface area contributed by atoms with Crippen molar-refractivity contribution >= 4 is 33.4 Å². The van der Waals surface area contributed by atoms with Crippen LogP contribution in [0.25, 0.3) is 0 Å². The SMILES string of the molecule is O=C(Nc1ccccc1Br)C(=O)N1CCCC(CO)C1. The summed E-state index contributed by atoms with van der Waals surface area (Å²) in [5.74, 6) is -1.11. The summed E-state index contributed by atoms with van der Waals surface area (Å²) >= 11 is 3.32. The molecule has 6 heteroatoms. The lowest BCUT2D eigenvalue weighted by atomic mass is 9.99. The third kappa shape index (κ3) is 3.58. The van der Waals surface area contributed by atoms with Crippen molar-refractivity contribution in [1.29, 1.82) is 0 Å². The number of piperidine rings is 1. The number of likely N-dealkylation sites (tertiary alicyclic amines) is 1. The van der Waals surface area contributed by atoms with Gasteiger partial charge in [0.2, 0.25) is 0 Å². The van der Waals surface area contributed by atoms with Crippen molar-refractivity contribution in [2.24, 2.45) is 5.92 Å². The third-order valence-electron chi connectivity index (χ3n) is 3.38. The first kappa shape index (κ1) is 15.0. The summed E-state index contributed by atoms with van der Waals surface area (Å²) in [7, 11) is 0. The molecule has 2 N–H and O–H groups in total. The normalized spacial score (nSPS) is 18.7. The molecule has 1 aliphatic heterocycles. The molecule has 20 heavy (non-hydrogen) atoms. The number of rotatable bonds is 2. The highest BCUT2D eigenvalue weighted by Gasteiger charge is 2.27. The van der Waals surface area contributed by atoms with Gasteiger partial charge in [-0.2, -0.15) is 0 Å². The zero-order chi connectivity index (χ0) is 14.5. The molecule has 1 saturated heterocycles. The fourth-order valence-electron chi connectivity index (χ4n) is 2.28. The molecule has 0 bridgehead atoms. The summed E-state index contributed by atoms with van der Waals surface area (Å²) < 4.78 is 0.730. The molecule has 1 fully saturated rings. The number of hydrogen-bond acceptors (Lipinski definition) is 3. The van der Waals surface area contributed by atoms with Crippen LogP contribution in [0.1, 0.15) is 12.8 Å². The molecule has 5 nitrogen and oxygen atoms in total. The number of para-hydroxylation sites is 1. The second-order valence-corrected chi connectivity index (χ2v) is 5.73. The standard InChI is InChI=1S/C14H17BrN2O3/c15-11-5-1-2-6-12(11)16-13(19)14(20)17-7-3-4-10(8-17)9-18/h1-2,5-6,10,18H,3-4,7-9H2,(H,16,19). The quantitative estimate of drug-likeness (QED) is 0.803. The topological polar surface area (TPSA) is 69.6 Å². The van der Waals surface area contributed by atoms with Gasteiger partial charge in [-0.3, -0.25) is 9.59 Å². The van der Waals surface area contributed by atoms with Crippen LogP contribution in [0.15, 0.2) is 28.7 Å². The fraction of sp³-hybridized carbons (Fsp3) is 0.429. The first-order chi connectivity index (χ1) is 9.61. The average Bonchev–Trinajstić information content (AvgIpc) is 2.48. The van der Waals surface area contributed by atoms with Crippen molar-refractivity contribution < 1.29 is 14.7 Å². The number of nitrogens with one attached hydrogen (secondary N) is 1. The largest absolute Gasteiger partial charge is 0.396 e. The minimum absolute atomic E-state index is 0.0512. The van der Waals surface area contributed by atoms with Gasteiger partial charge in [-0.25, -0.2) is 0 Å². The molecule has 108 valence electrons. The second-order valence-electron chi connectivity index (χ2n) is 4.88. The van der Waals surface area contributed by atoms with E-state index in [0.29, 0.717) is 18.8 Å². The molecule has 0 radical (unpaired) electrons. The van der Waals surface area contributed by atoms with E-state index in [1.807, 2.05) is 6.07 Å². The predicted molar refractivity (Wildman–Crippen MR) is 79.2 cm³/mol. The van der Waals surface area contributed by atoms with Crippen molar-refractivity contribution in [3.8, 4) is 0 Å². The van der Waals surface area contributed by atoms with Crippen LogP contribution in [0.3, 0.4) is 0 Å². The number of carbonyl (C=O) groups excluding carboxylic acids is 2. The Bertz CT molecular complexity index is 507. The molecule has 1 aliphatic rings.